The molecule has 0 aliphatic carbocycles. The summed E-state index contributed by atoms with van der Waals surface area (Å²) in [7, 11) is 0. The van der Waals surface area contributed by atoms with E-state index in [9.17, 15) is 4.79 Å². The Morgan fingerprint density at radius 1 is 1.08 bits per heavy atom. The van der Waals surface area contributed by atoms with Gasteiger partial charge in [0.15, 0.2) is 5.76 Å². The Kier molecular flexibility index (Phi) is 4.04. The summed E-state index contributed by atoms with van der Waals surface area (Å²) in [6.07, 6.45) is 4.27. The number of nitrogens with zero attached hydrogens (tertiary/aromatic N) is 2. The van der Waals surface area contributed by atoms with Gasteiger partial charge in [0.25, 0.3) is 5.91 Å². The molecule has 25 heavy (non-hydrogen) atoms. The second kappa shape index (κ2) is 6.65. The maximum absolute atomic E-state index is 12.0. The molecule has 2 aromatic heterocycles. The number of anilines is 1. The number of aromatic nitrogens is 2. The number of benzene rings is 2. The van der Waals surface area contributed by atoms with E-state index >= 15 is 0 Å². The largest absolute Gasteiger partial charge is 0.459 e. The number of fused-ring (bicyclic) bond motifs is 1. The molecular formula is C20H17N3O2. The molecule has 0 spiro atoms. The van der Waals surface area contributed by atoms with Gasteiger partial charge in [-0.2, -0.15) is 0 Å². The van der Waals surface area contributed by atoms with E-state index in [0.29, 0.717) is 5.69 Å². The highest BCUT2D eigenvalue weighted by molar-refractivity contribution is 6.03. The normalized spacial score (nSPS) is 10.9. The van der Waals surface area contributed by atoms with Crippen molar-refractivity contribution in [3.05, 3.63) is 84.6 Å². The smallest absolute Gasteiger partial charge is 0.291 e. The minimum Gasteiger partial charge on any atom is -0.459 e. The zero-order chi connectivity index (χ0) is 17.1. The molecule has 5 nitrogen and oxygen atoms in total. The summed E-state index contributed by atoms with van der Waals surface area (Å²) in [4.78, 5) is 16.5. The number of hydrogen-bond acceptors (Lipinski definition) is 3. The SMILES string of the molecule is O=C(Nc1ccc2c(c1)ncn2CCc1ccccc1)c1ccco1. The topological polar surface area (TPSA) is 60.1 Å². The van der Waals surface area contributed by atoms with Gasteiger partial charge in [0.2, 0.25) is 0 Å². The van der Waals surface area contributed by atoms with E-state index in [1.54, 1.807) is 12.1 Å². The molecule has 0 saturated carbocycles. The van der Waals surface area contributed by atoms with Crippen molar-refractivity contribution in [2.75, 3.05) is 5.32 Å². The fourth-order valence-electron chi connectivity index (χ4n) is 2.81. The van der Waals surface area contributed by atoms with Gasteiger partial charge in [0.1, 0.15) is 0 Å². The van der Waals surface area contributed by atoms with Crippen LogP contribution >= 0.6 is 0 Å². The quantitative estimate of drug-likeness (QED) is 0.598. The summed E-state index contributed by atoms with van der Waals surface area (Å²) in [5, 5.41) is 2.82. The highest BCUT2D eigenvalue weighted by atomic mass is 16.3. The third-order valence-corrected chi connectivity index (χ3v) is 4.11. The minimum absolute atomic E-state index is 0.270. The number of furan rings is 1. The molecular weight excluding hydrogens is 314 g/mol. The lowest BCUT2D eigenvalue weighted by molar-refractivity contribution is 0.0996. The maximum Gasteiger partial charge on any atom is 0.291 e. The van der Waals surface area contributed by atoms with Gasteiger partial charge in [-0.15, -0.1) is 0 Å². The summed E-state index contributed by atoms with van der Waals surface area (Å²) in [6, 6.07) is 19.4. The lowest BCUT2D eigenvalue weighted by Crippen LogP contribution is -2.10. The van der Waals surface area contributed by atoms with Crippen molar-refractivity contribution in [2.45, 2.75) is 13.0 Å². The Labute approximate surface area is 144 Å². The number of aryl methyl sites for hydroxylation is 2. The molecule has 0 radical (unpaired) electrons. The molecule has 0 aliphatic heterocycles. The predicted molar refractivity (Wildman–Crippen MR) is 96.5 cm³/mol. The zero-order valence-electron chi connectivity index (χ0n) is 13.6. The van der Waals surface area contributed by atoms with E-state index in [1.807, 2.05) is 30.6 Å². The van der Waals surface area contributed by atoms with Crippen LogP contribution in [0.1, 0.15) is 16.1 Å². The van der Waals surface area contributed by atoms with Crippen LogP contribution in [-0.2, 0) is 13.0 Å². The Morgan fingerprint density at radius 2 is 1.96 bits per heavy atom. The molecule has 0 fully saturated rings. The van der Waals surface area contributed by atoms with E-state index in [2.05, 4.69) is 39.1 Å². The van der Waals surface area contributed by atoms with E-state index in [4.69, 9.17) is 4.42 Å². The van der Waals surface area contributed by atoms with Crippen molar-refractivity contribution in [1.29, 1.82) is 0 Å². The number of rotatable bonds is 5. The van der Waals surface area contributed by atoms with Gasteiger partial charge in [0.05, 0.1) is 23.6 Å². The Balaban J connectivity index is 1.50. The summed E-state index contributed by atoms with van der Waals surface area (Å²) in [6.45, 7) is 0.860. The molecule has 0 atom stereocenters. The van der Waals surface area contributed by atoms with Crippen molar-refractivity contribution < 1.29 is 9.21 Å². The van der Waals surface area contributed by atoms with Crippen molar-refractivity contribution in [1.82, 2.24) is 9.55 Å². The van der Waals surface area contributed by atoms with Crippen molar-refractivity contribution in [3.63, 3.8) is 0 Å². The van der Waals surface area contributed by atoms with Gasteiger partial charge < -0.3 is 14.3 Å². The van der Waals surface area contributed by atoms with E-state index in [1.165, 1.54) is 11.8 Å². The standard InChI is InChI=1S/C20H17N3O2/c24-20(19-7-4-12-25-19)22-16-8-9-18-17(13-16)21-14-23(18)11-10-15-5-2-1-3-6-15/h1-9,12-14H,10-11H2,(H,22,24). The van der Waals surface area contributed by atoms with Gasteiger partial charge in [0, 0.05) is 12.2 Å². The molecule has 1 N–H and O–H groups in total. The second-order valence-corrected chi connectivity index (χ2v) is 5.81. The number of imidazole rings is 1. The van der Waals surface area contributed by atoms with Gasteiger partial charge in [-0.1, -0.05) is 30.3 Å². The molecule has 4 aromatic rings. The summed E-state index contributed by atoms with van der Waals surface area (Å²) < 4.78 is 7.23. The zero-order valence-corrected chi connectivity index (χ0v) is 13.6. The molecule has 124 valence electrons. The molecule has 0 bridgehead atoms. The van der Waals surface area contributed by atoms with Crippen LogP contribution in [0.15, 0.2) is 77.7 Å². The first-order valence-electron chi connectivity index (χ1n) is 8.13. The van der Waals surface area contributed by atoms with Crippen LogP contribution in [0.4, 0.5) is 5.69 Å². The first kappa shape index (κ1) is 15.2. The summed E-state index contributed by atoms with van der Waals surface area (Å²) >= 11 is 0. The lowest BCUT2D eigenvalue weighted by Gasteiger charge is -2.06. The van der Waals surface area contributed by atoms with Crippen molar-refractivity contribution >= 4 is 22.6 Å². The first-order chi connectivity index (χ1) is 12.3. The third-order valence-electron chi connectivity index (χ3n) is 4.11. The minimum atomic E-state index is -0.270. The van der Waals surface area contributed by atoms with Crippen molar-refractivity contribution in [2.24, 2.45) is 0 Å². The van der Waals surface area contributed by atoms with Crippen LogP contribution in [-0.4, -0.2) is 15.5 Å². The number of amides is 1. The summed E-state index contributed by atoms with van der Waals surface area (Å²) in [5.41, 5.74) is 3.89. The molecule has 5 heteroatoms. The van der Waals surface area contributed by atoms with Gasteiger partial charge in [-0.05, 0) is 42.3 Å². The fraction of sp³-hybridized carbons (Fsp3) is 0.100. The van der Waals surface area contributed by atoms with Gasteiger partial charge in [-0.25, -0.2) is 4.98 Å². The molecule has 0 saturated heterocycles. The molecule has 2 heterocycles. The third kappa shape index (κ3) is 3.30. The predicted octanol–water partition coefficient (Wildman–Crippen LogP) is 4.12. The molecule has 0 unspecified atom stereocenters. The average molecular weight is 331 g/mol. The average Bonchev–Trinajstić information content (AvgIpc) is 3.31. The molecule has 1 amide bonds. The van der Waals surface area contributed by atoms with Gasteiger partial charge >= 0.3 is 0 Å². The molecule has 4 rings (SSSR count). The Hall–Kier alpha value is -3.34. The number of hydrogen-bond donors (Lipinski definition) is 1. The van der Waals surface area contributed by atoms with Crippen LogP contribution < -0.4 is 5.32 Å². The first-order valence-corrected chi connectivity index (χ1v) is 8.13. The van der Waals surface area contributed by atoms with Gasteiger partial charge in [-0.3, -0.25) is 4.79 Å². The maximum atomic E-state index is 12.0. The summed E-state index contributed by atoms with van der Waals surface area (Å²) in [5.74, 6) is 0.0151. The lowest BCUT2D eigenvalue weighted by atomic mass is 10.1. The van der Waals surface area contributed by atoms with Crippen LogP contribution in [0, 0.1) is 0 Å². The fourth-order valence-corrected chi connectivity index (χ4v) is 2.81. The highest BCUT2D eigenvalue weighted by Gasteiger charge is 2.10. The second-order valence-electron chi connectivity index (χ2n) is 5.81. The van der Waals surface area contributed by atoms with Crippen LogP contribution in [0.5, 0.6) is 0 Å². The highest BCUT2D eigenvalue weighted by Crippen LogP contribution is 2.19. The van der Waals surface area contributed by atoms with E-state index in [-0.39, 0.29) is 11.7 Å². The van der Waals surface area contributed by atoms with Crippen LogP contribution in [0.25, 0.3) is 11.0 Å². The molecule has 0 aliphatic rings. The van der Waals surface area contributed by atoms with Crippen LogP contribution in [0.2, 0.25) is 0 Å². The van der Waals surface area contributed by atoms with Crippen molar-refractivity contribution in [3.8, 4) is 0 Å². The number of nitrogens with one attached hydrogen (secondary N) is 1. The monoisotopic (exact) mass is 331 g/mol. The van der Waals surface area contributed by atoms with E-state index in [0.717, 1.165) is 24.0 Å². The number of carbonyl (C=O) groups excluding carboxylic acids is 1. The van der Waals surface area contributed by atoms with E-state index < -0.39 is 0 Å². The van der Waals surface area contributed by atoms with Crippen LogP contribution in [0.3, 0.4) is 0 Å². The Bertz CT molecular complexity index is 988. The number of carbonyl (C=O) groups is 1. The molecule has 2 aromatic carbocycles. The Morgan fingerprint density at radius 3 is 2.76 bits per heavy atom.